The number of rotatable bonds is 5. The molecule has 1 aliphatic heterocycles. The van der Waals surface area contributed by atoms with Crippen molar-refractivity contribution in [3.63, 3.8) is 0 Å². The number of sulfonamides is 1. The van der Waals surface area contributed by atoms with Crippen molar-refractivity contribution in [2.45, 2.75) is 36.4 Å². The number of piperidine rings is 1. The van der Waals surface area contributed by atoms with E-state index in [-0.39, 0.29) is 17.3 Å². The van der Waals surface area contributed by atoms with Gasteiger partial charge in [-0.15, -0.1) is 11.3 Å². The number of hydrogen-bond donors (Lipinski definition) is 1. The van der Waals surface area contributed by atoms with Gasteiger partial charge >= 0.3 is 5.69 Å². The van der Waals surface area contributed by atoms with Gasteiger partial charge < -0.3 is 9.47 Å². The highest BCUT2D eigenvalue weighted by atomic mass is 32.2. The van der Waals surface area contributed by atoms with Gasteiger partial charge in [-0.2, -0.15) is 0 Å². The highest BCUT2D eigenvalue weighted by Crippen LogP contribution is 2.23. The molecule has 27 heavy (non-hydrogen) atoms. The van der Waals surface area contributed by atoms with Gasteiger partial charge in [0, 0.05) is 44.3 Å². The summed E-state index contributed by atoms with van der Waals surface area (Å²) in [5, 5.41) is 0. The molecular weight excluding hydrogens is 388 g/mol. The molecule has 3 heterocycles. The molecule has 148 valence electrons. The highest BCUT2D eigenvalue weighted by Gasteiger charge is 2.27. The molecule has 0 aliphatic carbocycles. The van der Waals surface area contributed by atoms with Crippen LogP contribution in [0.25, 0.3) is 0 Å². The molecule has 1 aliphatic rings. The van der Waals surface area contributed by atoms with Gasteiger partial charge in [0.1, 0.15) is 9.90 Å². The molecule has 0 radical (unpaired) electrons. The maximum atomic E-state index is 12.6. The van der Waals surface area contributed by atoms with Gasteiger partial charge in [-0.1, -0.05) is 6.92 Å². The Morgan fingerprint density at radius 3 is 2.44 bits per heavy atom. The van der Waals surface area contributed by atoms with Crippen LogP contribution in [0.2, 0.25) is 0 Å². The normalized spacial score (nSPS) is 16.0. The van der Waals surface area contributed by atoms with Gasteiger partial charge in [0.25, 0.3) is 5.56 Å². The molecule has 3 rings (SSSR count). The van der Waals surface area contributed by atoms with Crippen molar-refractivity contribution in [1.29, 1.82) is 0 Å². The van der Waals surface area contributed by atoms with Gasteiger partial charge in [-0.05, 0) is 31.4 Å². The SMILES string of the molecule is CCc1ccc(S(=O)(=O)NC2CCN(c3cn(C)c(=O)n(C)c3=O)CC2)s1. The van der Waals surface area contributed by atoms with Crippen LogP contribution in [0.5, 0.6) is 0 Å². The van der Waals surface area contributed by atoms with Gasteiger partial charge in [0.2, 0.25) is 10.0 Å². The number of aryl methyl sites for hydroxylation is 2. The number of aromatic nitrogens is 2. The number of nitrogens with one attached hydrogen (secondary N) is 1. The molecule has 1 N–H and O–H groups in total. The quantitative estimate of drug-likeness (QED) is 0.779. The summed E-state index contributed by atoms with van der Waals surface area (Å²) in [6, 6.07) is 3.32. The third kappa shape index (κ3) is 4.02. The first-order chi connectivity index (χ1) is 12.7. The molecule has 0 aromatic carbocycles. The maximum Gasteiger partial charge on any atom is 0.330 e. The largest absolute Gasteiger partial charge is 0.366 e. The monoisotopic (exact) mass is 412 g/mol. The molecule has 0 unspecified atom stereocenters. The van der Waals surface area contributed by atoms with E-state index >= 15 is 0 Å². The van der Waals surface area contributed by atoms with E-state index < -0.39 is 10.0 Å². The van der Waals surface area contributed by atoms with E-state index in [0.717, 1.165) is 15.9 Å². The topological polar surface area (TPSA) is 93.4 Å². The summed E-state index contributed by atoms with van der Waals surface area (Å²) in [5.41, 5.74) is -0.233. The predicted molar refractivity (Wildman–Crippen MR) is 106 cm³/mol. The van der Waals surface area contributed by atoms with Crippen LogP contribution in [0.3, 0.4) is 0 Å². The minimum Gasteiger partial charge on any atom is -0.366 e. The zero-order chi connectivity index (χ0) is 19.8. The van der Waals surface area contributed by atoms with Crippen molar-refractivity contribution >= 4 is 27.0 Å². The van der Waals surface area contributed by atoms with Crippen molar-refractivity contribution in [3.05, 3.63) is 44.0 Å². The Morgan fingerprint density at radius 2 is 1.85 bits per heavy atom. The number of thiophene rings is 1. The van der Waals surface area contributed by atoms with Crippen molar-refractivity contribution < 1.29 is 8.42 Å². The van der Waals surface area contributed by atoms with Crippen molar-refractivity contribution in [2.75, 3.05) is 18.0 Å². The zero-order valence-electron chi connectivity index (χ0n) is 15.6. The first kappa shape index (κ1) is 19.8. The standard InChI is InChI=1S/C17H24N4O4S2/c1-4-13-5-6-15(26-13)27(24,25)18-12-7-9-21(10-8-12)14-11-19(2)17(23)20(3)16(14)22/h5-6,11-12,18H,4,7-10H2,1-3H3. The smallest absolute Gasteiger partial charge is 0.330 e. The fraction of sp³-hybridized carbons (Fsp3) is 0.529. The van der Waals surface area contributed by atoms with E-state index in [1.165, 1.54) is 23.0 Å². The van der Waals surface area contributed by atoms with Crippen LogP contribution in [0.1, 0.15) is 24.6 Å². The minimum atomic E-state index is -3.52. The van der Waals surface area contributed by atoms with Gasteiger partial charge in [-0.3, -0.25) is 9.36 Å². The number of anilines is 1. The van der Waals surface area contributed by atoms with Crippen molar-refractivity contribution in [2.24, 2.45) is 14.1 Å². The lowest BCUT2D eigenvalue weighted by molar-refractivity contribution is 0.458. The first-order valence-corrected chi connectivity index (χ1v) is 11.2. The second kappa shape index (κ2) is 7.61. The predicted octanol–water partition coefficient (Wildman–Crippen LogP) is 0.655. The van der Waals surface area contributed by atoms with E-state index in [0.29, 0.717) is 35.8 Å². The van der Waals surface area contributed by atoms with Crippen LogP contribution < -0.4 is 20.9 Å². The van der Waals surface area contributed by atoms with Crippen LogP contribution in [0, 0.1) is 0 Å². The van der Waals surface area contributed by atoms with Crippen LogP contribution in [0.4, 0.5) is 5.69 Å². The van der Waals surface area contributed by atoms with Gasteiger partial charge in [-0.25, -0.2) is 17.9 Å². The summed E-state index contributed by atoms with van der Waals surface area (Å²) in [4.78, 5) is 27.1. The third-order valence-corrected chi connectivity index (χ3v) is 8.08. The third-order valence-electron chi connectivity index (χ3n) is 4.84. The second-order valence-corrected chi connectivity index (χ2v) is 9.84. The Morgan fingerprint density at radius 1 is 1.19 bits per heavy atom. The highest BCUT2D eigenvalue weighted by molar-refractivity contribution is 7.91. The van der Waals surface area contributed by atoms with Crippen LogP contribution >= 0.6 is 11.3 Å². The zero-order valence-corrected chi connectivity index (χ0v) is 17.3. The van der Waals surface area contributed by atoms with Gasteiger partial charge in [0.15, 0.2) is 0 Å². The van der Waals surface area contributed by atoms with Gasteiger partial charge in [0.05, 0.1) is 0 Å². The molecule has 10 heteroatoms. The van der Waals surface area contributed by atoms with E-state index in [4.69, 9.17) is 0 Å². The lowest BCUT2D eigenvalue weighted by Gasteiger charge is -2.33. The summed E-state index contributed by atoms with van der Waals surface area (Å²) in [5.74, 6) is 0. The molecule has 2 aromatic rings. The Hall–Kier alpha value is -1.91. The lowest BCUT2D eigenvalue weighted by Crippen LogP contribution is -2.47. The summed E-state index contributed by atoms with van der Waals surface area (Å²) in [6.07, 6.45) is 3.55. The fourth-order valence-electron chi connectivity index (χ4n) is 3.21. The second-order valence-electron chi connectivity index (χ2n) is 6.73. The number of hydrogen-bond acceptors (Lipinski definition) is 6. The molecule has 0 spiro atoms. The Labute approximate surface area is 162 Å². The molecule has 1 fully saturated rings. The molecule has 2 aromatic heterocycles. The first-order valence-electron chi connectivity index (χ1n) is 8.85. The summed E-state index contributed by atoms with van der Waals surface area (Å²) in [6.45, 7) is 3.09. The summed E-state index contributed by atoms with van der Waals surface area (Å²) >= 11 is 1.29. The Balaban J connectivity index is 1.69. The lowest BCUT2D eigenvalue weighted by atomic mass is 10.1. The van der Waals surface area contributed by atoms with Crippen LogP contribution in [-0.2, 0) is 30.5 Å². The average molecular weight is 413 g/mol. The Kier molecular flexibility index (Phi) is 5.59. The van der Waals surface area contributed by atoms with E-state index in [1.54, 1.807) is 19.3 Å². The molecule has 0 atom stereocenters. The fourth-order valence-corrected chi connectivity index (χ4v) is 5.83. The summed E-state index contributed by atoms with van der Waals surface area (Å²) in [7, 11) is -0.452. The molecule has 0 amide bonds. The van der Waals surface area contributed by atoms with Crippen molar-refractivity contribution in [3.8, 4) is 0 Å². The average Bonchev–Trinajstić information content (AvgIpc) is 3.14. The molecular formula is C17H24N4O4S2. The van der Waals surface area contributed by atoms with Crippen molar-refractivity contribution in [1.82, 2.24) is 13.9 Å². The van der Waals surface area contributed by atoms with Crippen LogP contribution in [0.15, 0.2) is 32.1 Å². The van der Waals surface area contributed by atoms with E-state index in [2.05, 4.69) is 4.72 Å². The summed E-state index contributed by atoms with van der Waals surface area (Å²) < 4.78 is 30.7. The molecule has 1 saturated heterocycles. The van der Waals surface area contributed by atoms with E-state index in [9.17, 15) is 18.0 Å². The van der Waals surface area contributed by atoms with E-state index in [1.807, 2.05) is 17.9 Å². The maximum absolute atomic E-state index is 12.6. The molecule has 8 nitrogen and oxygen atoms in total. The Bertz CT molecular complexity index is 1040. The molecule has 0 bridgehead atoms. The minimum absolute atomic E-state index is 0.171. The van der Waals surface area contributed by atoms with Crippen LogP contribution in [-0.4, -0.2) is 36.7 Å². The number of nitrogens with zero attached hydrogens (tertiary/aromatic N) is 3. The molecule has 0 saturated carbocycles.